The molecule has 7 heteroatoms. The predicted octanol–water partition coefficient (Wildman–Crippen LogP) is 3.27. The van der Waals surface area contributed by atoms with Crippen LogP contribution in [-0.2, 0) is 13.0 Å². The molecule has 0 fully saturated rings. The van der Waals surface area contributed by atoms with Gasteiger partial charge in [0, 0.05) is 43.6 Å². The number of pyridine rings is 1. The Morgan fingerprint density at radius 2 is 1.70 bits per heavy atom. The van der Waals surface area contributed by atoms with Crippen molar-refractivity contribution in [2.24, 2.45) is 5.73 Å². The third-order valence-corrected chi connectivity index (χ3v) is 5.40. The number of hydrogen-bond acceptors (Lipinski definition) is 5. The summed E-state index contributed by atoms with van der Waals surface area (Å²) in [5, 5.41) is 3.32. The molecule has 2 heterocycles. The third kappa shape index (κ3) is 5.77. The summed E-state index contributed by atoms with van der Waals surface area (Å²) in [5.74, 6) is -0.357. The average molecular weight is 444 g/mol. The minimum atomic E-state index is -0.357. The van der Waals surface area contributed by atoms with Crippen LogP contribution in [0, 0.1) is 5.82 Å². The highest BCUT2D eigenvalue weighted by molar-refractivity contribution is 5.79. The van der Waals surface area contributed by atoms with Gasteiger partial charge in [-0.2, -0.15) is 0 Å². The van der Waals surface area contributed by atoms with Crippen molar-refractivity contribution in [1.82, 2.24) is 19.9 Å². The van der Waals surface area contributed by atoms with E-state index in [-0.39, 0.29) is 17.4 Å². The van der Waals surface area contributed by atoms with Crippen LogP contribution >= 0.6 is 0 Å². The Kier molecular flexibility index (Phi) is 7.34. The van der Waals surface area contributed by atoms with E-state index in [1.54, 1.807) is 47.6 Å². The van der Waals surface area contributed by atoms with Gasteiger partial charge >= 0.3 is 0 Å². The van der Waals surface area contributed by atoms with Crippen molar-refractivity contribution in [2.75, 3.05) is 13.1 Å². The molecule has 6 nitrogen and oxygen atoms in total. The number of nitrogens with zero attached hydrogens (tertiary/aromatic N) is 3. The molecule has 2 aromatic carbocycles. The highest BCUT2D eigenvalue weighted by Gasteiger charge is 2.16. The molecule has 4 aromatic rings. The largest absolute Gasteiger partial charge is 0.326 e. The van der Waals surface area contributed by atoms with E-state index in [4.69, 9.17) is 5.73 Å². The number of rotatable bonds is 9. The van der Waals surface area contributed by atoms with Gasteiger partial charge in [-0.25, -0.2) is 9.37 Å². The van der Waals surface area contributed by atoms with Crippen LogP contribution in [0.25, 0.3) is 22.4 Å². The summed E-state index contributed by atoms with van der Waals surface area (Å²) in [6, 6.07) is 19.6. The van der Waals surface area contributed by atoms with Crippen LogP contribution < -0.4 is 16.6 Å². The summed E-state index contributed by atoms with van der Waals surface area (Å²) in [6.45, 7) is 1.65. The SMILES string of the molecule is NC(CNCCn1cnc(-c2ccncc2)c(-c2ccc(F)cc2)c1=O)Cc1ccccc1. The van der Waals surface area contributed by atoms with Gasteiger partial charge in [0.25, 0.3) is 5.56 Å². The van der Waals surface area contributed by atoms with Gasteiger partial charge in [0.15, 0.2) is 0 Å². The van der Waals surface area contributed by atoms with E-state index in [1.165, 1.54) is 17.7 Å². The number of nitrogens with two attached hydrogens (primary N) is 1. The van der Waals surface area contributed by atoms with Crippen LogP contribution in [0.2, 0.25) is 0 Å². The smallest absolute Gasteiger partial charge is 0.261 e. The molecule has 0 spiro atoms. The van der Waals surface area contributed by atoms with Crippen molar-refractivity contribution >= 4 is 0 Å². The monoisotopic (exact) mass is 443 g/mol. The van der Waals surface area contributed by atoms with E-state index in [1.807, 2.05) is 18.2 Å². The first-order valence-corrected chi connectivity index (χ1v) is 10.9. The van der Waals surface area contributed by atoms with Gasteiger partial charge in [-0.05, 0) is 41.8 Å². The first-order valence-electron chi connectivity index (χ1n) is 10.9. The van der Waals surface area contributed by atoms with Crippen LogP contribution in [0.15, 0.2) is 90.2 Å². The topological polar surface area (TPSA) is 85.8 Å². The maximum atomic E-state index is 13.5. The molecular weight excluding hydrogens is 417 g/mol. The quantitative estimate of drug-likeness (QED) is 0.388. The predicted molar refractivity (Wildman–Crippen MR) is 128 cm³/mol. The lowest BCUT2D eigenvalue weighted by Gasteiger charge is -2.15. The molecule has 0 aliphatic heterocycles. The Morgan fingerprint density at radius 1 is 0.970 bits per heavy atom. The average Bonchev–Trinajstić information content (AvgIpc) is 2.84. The lowest BCUT2D eigenvalue weighted by molar-refractivity contribution is 0.533. The Morgan fingerprint density at radius 3 is 2.42 bits per heavy atom. The molecule has 0 saturated heterocycles. The van der Waals surface area contributed by atoms with Crippen molar-refractivity contribution in [2.45, 2.75) is 19.0 Å². The minimum absolute atomic E-state index is 0.0221. The molecule has 0 saturated carbocycles. The molecule has 168 valence electrons. The maximum Gasteiger partial charge on any atom is 0.261 e. The highest BCUT2D eigenvalue weighted by atomic mass is 19.1. The summed E-state index contributed by atoms with van der Waals surface area (Å²) in [7, 11) is 0. The number of nitrogens with one attached hydrogen (secondary N) is 1. The minimum Gasteiger partial charge on any atom is -0.326 e. The molecule has 1 unspecified atom stereocenters. The van der Waals surface area contributed by atoms with Crippen LogP contribution in [0.4, 0.5) is 4.39 Å². The summed E-state index contributed by atoms with van der Waals surface area (Å²) in [4.78, 5) is 22.0. The van der Waals surface area contributed by atoms with Gasteiger partial charge in [-0.1, -0.05) is 42.5 Å². The molecule has 0 aliphatic rings. The van der Waals surface area contributed by atoms with Crippen LogP contribution in [0.1, 0.15) is 5.56 Å². The van der Waals surface area contributed by atoms with E-state index in [0.29, 0.717) is 36.5 Å². The lowest BCUT2D eigenvalue weighted by Crippen LogP contribution is -2.37. The van der Waals surface area contributed by atoms with E-state index < -0.39 is 0 Å². The second-order valence-corrected chi connectivity index (χ2v) is 7.86. The van der Waals surface area contributed by atoms with Crippen molar-refractivity contribution < 1.29 is 4.39 Å². The Bertz CT molecular complexity index is 1230. The summed E-state index contributed by atoms with van der Waals surface area (Å²) in [5.41, 5.74) is 9.62. The van der Waals surface area contributed by atoms with E-state index in [0.717, 1.165) is 12.0 Å². The number of halogens is 1. The van der Waals surface area contributed by atoms with Gasteiger partial charge < -0.3 is 11.1 Å². The van der Waals surface area contributed by atoms with E-state index >= 15 is 0 Å². The zero-order valence-corrected chi connectivity index (χ0v) is 18.2. The fraction of sp³-hybridized carbons (Fsp3) is 0.192. The molecule has 2 aromatic heterocycles. The summed E-state index contributed by atoms with van der Waals surface area (Å²) < 4.78 is 15.1. The van der Waals surface area contributed by atoms with Crippen LogP contribution in [-0.4, -0.2) is 33.7 Å². The zero-order valence-electron chi connectivity index (χ0n) is 18.2. The van der Waals surface area contributed by atoms with Crippen LogP contribution in [0.3, 0.4) is 0 Å². The molecule has 0 amide bonds. The number of aromatic nitrogens is 3. The fourth-order valence-electron chi connectivity index (χ4n) is 3.73. The van der Waals surface area contributed by atoms with Gasteiger partial charge in [0.1, 0.15) is 5.82 Å². The standard InChI is InChI=1S/C26H26FN5O/c27-22-8-6-20(7-9-22)24-25(21-10-12-29-13-11-21)31-18-32(26(24)33)15-14-30-17-23(28)16-19-4-2-1-3-5-19/h1-13,18,23,30H,14-17,28H2. The van der Waals surface area contributed by atoms with Gasteiger partial charge in [0.05, 0.1) is 17.6 Å². The Hall–Kier alpha value is -3.68. The molecule has 0 radical (unpaired) electrons. The van der Waals surface area contributed by atoms with E-state index in [2.05, 4.69) is 27.4 Å². The molecule has 33 heavy (non-hydrogen) atoms. The maximum absolute atomic E-state index is 13.5. The molecular formula is C26H26FN5O. The summed E-state index contributed by atoms with van der Waals surface area (Å²) >= 11 is 0. The second kappa shape index (κ2) is 10.8. The van der Waals surface area contributed by atoms with Gasteiger partial charge in [0.2, 0.25) is 0 Å². The fourth-order valence-corrected chi connectivity index (χ4v) is 3.73. The summed E-state index contributed by atoms with van der Waals surface area (Å²) in [6.07, 6.45) is 5.64. The van der Waals surface area contributed by atoms with Gasteiger partial charge in [-0.15, -0.1) is 0 Å². The van der Waals surface area contributed by atoms with Crippen molar-refractivity contribution in [3.8, 4) is 22.4 Å². The molecule has 4 rings (SSSR count). The first-order chi connectivity index (χ1) is 16.1. The highest BCUT2D eigenvalue weighted by Crippen LogP contribution is 2.27. The molecule has 3 N–H and O–H groups in total. The lowest BCUT2D eigenvalue weighted by atomic mass is 10.0. The van der Waals surface area contributed by atoms with Crippen molar-refractivity contribution in [3.05, 3.63) is 107 Å². The normalized spacial score (nSPS) is 11.9. The first kappa shape index (κ1) is 22.5. The molecule has 0 aliphatic carbocycles. The van der Waals surface area contributed by atoms with E-state index in [9.17, 15) is 9.18 Å². The van der Waals surface area contributed by atoms with Gasteiger partial charge in [-0.3, -0.25) is 14.3 Å². The zero-order chi connectivity index (χ0) is 23.0. The Balaban J connectivity index is 1.49. The molecule has 1 atom stereocenters. The van der Waals surface area contributed by atoms with Crippen molar-refractivity contribution in [3.63, 3.8) is 0 Å². The molecule has 0 bridgehead atoms. The number of benzene rings is 2. The number of hydrogen-bond donors (Lipinski definition) is 2. The second-order valence-electron chi connectivity index (χ2n) is 7.86. The van der Waals surface area contributed by atoms with Crippen molar-refractivity contribution in [1.29, 1.82) is 0 Å². The van der Waals surface area contributed by atoms with Crippen LogP contribution in [0.5, 0.6) is 0 Å². The Labute approximate surface area is 192 Å². The third-order valence-electron chi connectivity index (χ3n) is 5.40.